The molecule has 0 saturated carbocycles. The van der Waals surface area contributed by atoms with E-state index >= 15 is 0 Å². The highest BCUT2D eigenvalue weighted by Crippen LogP contribution is 2.24. The van der Waals surface area contributed by atoms with E-state index in [0.29, 0.717) is 15.6 Å². The van der Waals surface area contributed by atoms with Crippen LogP contribution in [0.25, 0.3) is 0 Å². The lowest BCUT2D eigenvalue weighted by atomic mass is 9.97. The van der Waals surface area contributed by atoms with E-state index in [-0.39, 0.29) is 38.0 Å². The van der Waals surface area contributed by atoms with Gasteiger partial charge in [0.1, 0.15) is 5.78 Å². The number of hydrogen-bond donors (Lipinski definition) is 5. The zero-order valence-corrected chi connectivity index (χ0v) is 17.2. The second-order valence-corrected chi connectivity index (χ2v) is 7.01. The molecular weight excluding hydrogens is 423 g/mol. The average Bonchev–Trinajstić information content (AvgIpc) is 2.61. The first-order valence-electron chi connectivity index (χ1n) is 8.64. The summed E-state index contributed by atoms with van der Waals surface area (Å²) in [7, 11) is 1.57. The number of amides is 2. The van der Waals surface area contributed by atoms with Crippen molar-refractivity contribution in [2.75, 3.05) is 13.6 Å². The number of likely N-dealkylation sites (N-methyl/N-ethyl adjacent to an activating group) is 1. The quantitative estimate of drug-likeness (QED) is 0.271. The highest BCUT2D eigenvalue weighted by molar-refractivity contribution is 6.36. The minimum absolute atomic E-state index is 0.0438. The van der Waals surface area contributed by atoms with Gasteiger partial charge in [0.05, 0.1) is 18.9 Å². The zero-order valence-electron chi connectivity index (χ0n) is 15.7. The van der Waals surface area contributed by atoms with Crippen LogP contribution in [0.2, 0.25) is 10.0 Å². The van der Waals surface area contributed by atoms with Crippen LogP contribution in [0.1, 0.15) is 24.8 Å². The maximum absolute atomic E-state index is 12.0. The largest absolute Gasteiger partial charge is 0.481 e. The number of carbonyl (C=O) groups excluding carboxylic acids is 3. The maximum Gasteiger partial charge on any atom is 0.306 e. The Bertz CT molecular complexity index is 780. The monoisotopic (exact) mass is 444 g/mol. The van der Waals surface area contributed by atoms with E-state index in [1.807, 2.05) is 0 Å². The molecule has 1 rings (SSSR count). The molecule has 158 valence electrons. The summed E-state index contributed by atoms with van der Waals surface area (Å²) in [6.07, 6.45) is -0.687. The molecular formula is C18H22Cl2N4O5. The van der Waals surface area contributed by atoms with Crippen LogP contribution in [0, 0.1) is 11.3 Å². The Kier molecular flexibility index (Phi) is 10.3. The SMILES string of the molecule is CNCC(=O)C[C@@H](CCC(=O)NC(=N)NC(=O)Cc1c(Cl)cccc1Cl)C(=O)O. The standard InChI is InChI=1S/C18H22Cl2N4O5/c1-22-9-11(25)7-10(17(28)29)5-6-15(26)23-18(21)24-16(27)8-12-13(19)3-2-4-14(12)20/h2-4,10,22H,5-9H2,1H3,(H,28,29)(H3,21,23,24,26,27)/t10-/m1/s1. The molecule has 11 heteroatoms. The summed E-state index contributed by atoms with van der Waals surface area (Å²) in [6.45, 7) is 0.0438. The van der Waals surface area contributed by atoms with Crippen LogP contribution in [0.4, 0.5) is 0 Å². The van der Waals surface area contributed by atoms with Crippen molar-refractivity contribution >= 4 is 52.7 Å². The van der Waals surface area contributed by atoms with Gasteiger partial charge in [0.15, 0.2) is 0 Å². The van der Waals surface area contributed by atoms with Crippen LogP contribution in [0.5, 0.6) is 0 Å². The predicted molar refractivity (Wildman–Crippen MR) is 108 cm³/mol. The van der Waals surface area contributed by atoms with Crippen molar-refractivity contribution in [1.82, 2.24) is 16.0 Å². The highest BCUT2D eigenvalue weighted by atomic mass is 35.5. The van der Waals surface area contributed by atoms with Gasteiger partial charge in [-0.1, -0.05) is 29.3 Å². The summed E-state index contributed by atoms with van der Waals surface area (Å²) < 4.78 is 0. The average molecular weight is 445 g/mol. The fourth-order valence-corrected chi connectivity index (χ4v) is 2.97. The number of halogens is 2. The Morgan fingerprint density at radius 3 is 2.24 bits per heavy atom. The number of carboxylic acids is 1. The van der Waals surface area contributed by atoms with Gasteiger partial charge in [-0.3, -0.25) is 35.2 Å². The number of hydrogen-bond acceptors (Lipinski definition) is 6. The molecule has 1 atom stereocenters. The number of aliphatic carboxylic acids is 1. The molecule has 0 aliphatic rings. The van der Waals surface area contributed by atoms with E-state index in [4.69, 9.17) is 33.7 Å². The number of carboxylic acid groups (broad SMARTS) is 1. The topological polar surface area (TPSA) is 148 Å². The first-order valence-corrected chi connectivity index (χ1v) is 9.39. The molecule has 2 amide bonds. The van der Waals surface area contributed by atoms with Crippen molar-refractivity contribution in [3.05, 3.63) is 33.8 Å². The van der Waals surface area contributed by atoms with E-state index in [2.05, 4.69) is 16.0 Å². The summed E-state index contributed by atoms with van der Waals surface area (Å²) in [5.74, 6) is -4.28. The van der Waals surface area contributed by atoms with Gasteiger partial charge >= 0.3 is 5.97 Å². The van der Waals surface area contributed by atoms with Crippen molar-refractivity contribution in [2.45, 2.75) is 25.7 Å². The Labute approximate surface area is 177 Å². The van der Waals surface area contributed by atoms with Crippen LogP contribution in [0.15, 0.2) is 18.2 Å². The summed E-state index contributed by atoms with van der Waals surface area (Å²) in [4.78, 5) is 46.7. The second-order valence-electron chi connectivity index (χ2n) is 6.20. The predicted octanol–water partition coefficient (Wildman–Crippen LogP) is 1.36. The molecule has 0 heterocycles. The molecule has 5 N–H and O–H groups in total. The van der Waals surface area contributed by atoms with E-state index in [1.54, 1.807) is 25.2 Å². The van der Waals surface area contributed by atoms with Gasteiger partial charge in [-0.2, -0.15) is 0 Å². The van der Waals surface area contributed by atoms with Crippen LogP contribution < -0.4 is 16.0 Å². The minimum Gasteiger partial charge on any atom is -0.481 e. The number of ketones is 1. The molecule has 0 aliphatic heterocycles. The molecule has 9 nitrogen and oxygen atoms in total. The van der Waals surface area contributed by atoms with E-state index in [9.17, 15) is 19.2 Å². The molecule has 0 aliphatic carbocycles. The van der Waals surface area contributed by atoms with Gasteiger partial charge in [0.2, 0.25) is 17.8 Å². The van der Waals surface area contributed by atoms with Crippen molar-refractivity contribution in [2.24, 2.45) is 5.92 Å². The lowest BCUT2D eigenvalue weighted by Gasteiger charge is -2.12. The van der Waals surface area contributed by atoms with Gasteiger partial charge < -0.3 is 10.4 Å². The molecule has 0 aromatic heterocycles. The molecule has 1 aromatic rings. The summed E-state index contributed by atoms with van der Waals surface area (Å²) in [6, 6.07) is 4.78. The normalized spacial score (nSPS) is 11.4. The molecule has 0 radical (unpaired) electrons. The van der Waals surface area contributed by atoms with E-state index < -0.39 is 29.7 Å². The van der Waals surface area contributed by atoms with Crippen molar-refractivity contribution in [3.8, 4) is 0 Å². The Morgan fingerprint density at radius 2 is 1.69 bits per heavy atom. The number of guanidine groups is 1. The van der Waals surface area contributed by atoms with Gasteiger partial charge in [0.25, 0.3) is 0 Å². The smallest absolute Gasteiger partial charge is 0.306 e. The molecule has 1 aromatic carbocycles. The molecule has 0 bridgehead atoms. The molecule has 0 spiro atoms. The molecule has 0 unspecified atom stereocenters. The Balaban J connectivity index is 2.48. The van der Waals surface area contributed by atoms with Crippen LogP contribution >= 0.6 is 23.2 Å². The second kappa shape index (κ2) is 12.2. The van der Waals surface area contributed by atoms with Gasteiger partial charge in [0, 0.05) is 22.9 Å². The third-order valence-electron chi connectivity index (χ3n) is 3.84. The van der Waals surface area contributed by atoms with Crippen LogP contribution in [-0.4, -0.2) is 48.2 Å². The number of carbonyl (C=O) groups is 4. The van der Waals surface area contributed by atoms with Crippen molar-refractivity contribution < 1.29 is 24.3 Å². The first-order chi connectivity index (χ1) is 13.6. The van der Waals surface area contributed by atoms with Crippen molar-refractivity contribution in [3.63, 3.8) is 0 Å². The van der Waals surface area contributed by atoms with Crippen LogP contribution in [0.3, 0.4) is 0 Å². The Morgan fingerprint density at radius 1 is 1.10 bits per heavy atom. The zero-order chi connectivity index (χ0) is 22.0. The lowest BCUT2D eigenvalue weighted by Crippen LogP contribution is -2.43. The van der Waals surface area contributed by atoms with Gasteiger partial charge in [-0.15, -0.1) is 0 Å². The molecule has 29 heavy (non-hydrogen) atoms. The van der Waals surface area contributed by atoms with Crippen LogP contribution in [-0.2, 0) is 25.6 Å². The van der Waals surface area contributed by atoms with Crippen molar-refractivity contribution in [1.29, 1.82) is 5.41 Å². The van der Waals surface area contributed by atoms with E-state index in [1.165, 1.54) is 0 Å². The fourth-order valence-electron chi connectivity index (χ4n) is 2.44. The highest BCUT2D eigenvalue weighted by Gasteiger charge is 2.22. The molecule has 0 saturated heterocycles. The summed E-state index contributed by atoms with van der Waals surface area (Å²) in [5.41, 5.74) is 0.392. The number of Topliss-reactive ketones (excluding diaryl/α,β-unsaturated/α-hetero) is 1. The van der Waals surface area contributed by atoms with Gasteiger partial charge in [-0.05, 0) is 31.2 Å². The number of benzene rings is 1. The Hall–Kier alpha value is -2.49. The number of nitrogens with one attached hydrogen (secondary N) is 4. The third kappa shape index (κ3) is 9.03. The number of rotatable bonds is 10. The first kappa shape index (κ1) is 24.5. The minimum atomic E-state index is -1.18. The lowest BCUT2D eigenvalue weighted by molar-refractivity contribution is -0.144. The summed E-state index contributed by atoms with van der Waals surface area (Å²) >= 11 is 12.0. The molecule has 0 fully saturated rings. The third-order valence-corrected chi connectivity index (χ3v) is 4.55. The fraction of sp³-hybridized carbons (Fsp3) is 0.389. The van der Waals surface area contributed by atoms with Gasteiger partial charge in [-0.25, -0.2) is 0 Å². The summed E-state index contributed by atoms with van der Waals surface area (Å²) in [5, 5.41) is 24.4. The maximum atomic E-state index is 12.0. The van der Waals surface area contributed by atoms with E-state index in [0.717, 1.165) is 0 Å².